The molecule has 0 amide bonds. The number of halogens is 1. The van der Waals surface area contributed by atoms with Crippen molar-refractivity contribution < 1.29 is 9.53 Å². The van der Waals surface area contributed by atoms with Gasteiger partial charge in [-0.3, -0.25) is 0 Å². The molecule has 106 valence electrons. The van der Waals surface area contributed by atoms with E-state index in [1.807, 2.05) is 19.9 Å². The third-order valence-electron chi connectivity index (χ3n) is 2.83. The van der Waals surface area contributed by atoms with Gasteiger partial charge in [0.15, 0.2) is 5.13 Å². The lowest BCUT2D eigenvalue weighted by Crippen LogP contribution is -1.99. The Bertz CT molecular complexity index is 644. The van der Waals surface area contributed by atoms with Crippen LogP contribution in [0.2, 0.25) is 0 Å². The van der Waals surface area contributed by atoms with Gasteiger partial charge >= 0.3 is 5.97 Å². The van der Waals surface area contributed by atoms with Crippen molar-refractivity contribution in [3.05, 3.63) is 38.3 Å². The first-order valence-corrected chi connectivity index (χ1v) is 7.63. The first kappa shape index (κ1) is 15.0. The summed E-state index contributed by atoms with van der Waals surface area (Å²) in [6, 6.07) is 4.13. The van der Waals surface area contributed by atoms with E-state index in [0.29, 0.717) is 15.7 Å². The van der Waals surface area contributed by atoms with E-state index in [0.717, 1.165) is 15.7 Å². The first-order valence-electron chi connectivity index (χ1n) is 6.02. The lowest BCUT2D eigenvalue weighted by atomic mass is 10.1. The number of thiazole rings is 1. The maximum atomic E-state index is 11.6. The van der Waals surface area contributed by atoms with E-state index < -0.39 is 0 Å². The SMILES string of the molecule is COC(=O)c1sc(Nc2c(C)cc(C)cc2Br)nc1C. The Morgan fingerprint density at radius 1 is 1.35 bits per heavy atom. The number of methoxy groups -OCH3 is 1. The molecule has 0 spiro atoms. The fraction of sp³-hybridized carbons (Fsp3) is 0.286. The molecule has 1 aromatic heterocycles. The number of nitrogens with one attached hydrogen (secondary N) is 1. The molecule has 2 rings (SSSR count). The van der Waals surface area contributed by atoms with Gasteiger partial charge in [-0.1, -0.05) is 17.4 Å². The number of aromatic nitrogens is 1. The van der Waals surface area contributed by atoms with E-state index in [9.17, 15) is 4.79 Å². The monoisotopic (exact) mass is 354 g/mol. The summed E-state index contributed by atoms with van der Waals surface area (Å²) in [7, 11) is 1.37. The molecule has 0 atom stereocenters. The third kappa shape index (κ3) is 3.02. The quantitative estimate of drug-likeness (QED) is 0.831. The fourth-order valence-corrected chi connectivity index (χ4v) is 3.57. The van der Waals surface area contributed by atoms with Crippen LogP contribution in [0, 0.1) is 20.8 Å². The number of hydrogen-bond donors (Lipinski definition) is 1. The van der Waals surface area contributed by atoms with Crippen molar-refractivity contribution in [3.8, 4) is 0 Å². The Morgan fingerprint density at radius 2 is 2.05 bits per heavy atom. The van der Waals surface area contributed by atoms with Crippen molar-refractivity contribution in [1.29, 1.82) is 0 Å². The molecule has 6 heteroatoms. The van der Waals surface area contributed by atoms with Crippen LogP contribution in [0.3, 0.4) is 0 Å². The average molecular weight is 355 g/mol. The number of carbonyl (C=O) groups is 1. The van der Waals surface area contributed by atoms with Gasteiger partial charge in [-0.05, 0) is 53.9 Å². The van der Waals surface area contributed by atoms with Gasteiger partial charge in [-0.25, -0.2) is 9.78 Å². The molecule has 1 aromatic carbocycles. The summed E-state index contributed by atoms with van der Waals surface area (Å²) >= 11 is 4.84. The second-order valence-electron chi connectivity index (χ2n) is 4.49. The van der Waals surface area contributed by atoms with Crippen LogP contribution in [0.1, 0.15) is 26.5 Å². The summed E-state index contributed by atoms with van der Waals surface area (Å²) in [5.74, 6) is -0.354. The summed E-state index contributed by atoms with van der Waals surface area (Å²) in [5, 5.41) is 3.94. The molecule has 0 aliphatic carbocycles. The first-order chi connectivity index (χ1) is 9.42. The molecule has 1 heterocycles. The van der Waals surface area contributed by atoms with Crippen molar-refractivity contribution in [2.75, 3.05) is 12.4 Å². The molecule has 0 unspecified atom stereocenters. The molecule has 0 fully saturated rings. The Hall–Kier alpha value is -1.40. The Kier molecular flexibility index (Phi) is 4.45. The van der Waals surface area contributed by atoms with E-state index in [1.165, 1.54) is 24.0 Å². The number of nitrogens with zero attached hydrogens (tertiary/aromatic N) is 1. The largest absolute Gasteiger partial charge is 0.465 e. The van der Waals surface area contributed by atoms with Gasteiger partial charge in [0.2, 0.25) is 0 Å². The van der Waals surface area contributed by atoms with E-state index in [1.54, 1.807) is 6.92 Å². The number of hydrogen-bond acceptors (Lipinski definition) is 5. The number of carbonyl (C=O) groups excluding carboxylic acids is 1. The molecule has 0 bridgehead atoms. The van der Waals surface area contributed by atoms with Crippen LogP contribution in [0.4, 0.5) is 10.8 Å². The Morgan fingerprint density at radius 3 is 2.65 bits per heavy atom. The molecule has 0 saturated heterocycles. The van der Waals surface area contributed by atoms with Crippen LogP contribution in [0.25, 0.3) is 0 Å². The fourth-order valence-electron chi connectivity index (χ4n) is 1.91. The number of anilines is 2. The van der Waals surface area contributed by atoms with Gasteiger partial charge in [0, 0.05) is 4.47 Å². The molecular weight excluding hydrogens is 340 g/mol. The minimum absolute atomic E-state index is 0.354. The van der Waals surface area contributed by atoms with Gasteiger partial charge in [0.25, 0.3) is 0 Å². The van der Waals surface area contributed by atoms with E-state index in [-0.39, 0.29) is 5.97 Å². The van der Waals surface area contributed by atoms with Crippen LogP contribution >= 0.6 is 27.3 Å². The molecule has 0 radical (unpaired) electrons. The molecular formula is C14H15BrN2O2S. The molecule has 2 aromatic rings. The molecule has 0 saturated carbocycles. The summed E-state index contributed by atoms with van der Waals surface area (Å²) < 4.78 is 5.71. The minimum Gasteiger partial charge on any atom is -0.465 e. The van der Waals surface area contributed by atoms with Crippen molar-refractivity contribution in [2.45, 2.75) is 20.8 Å². The molecule has 0 aliphatic rings. The average Bonchev–Trinajstić information content (AvgIpc) is 2.74. The molecule has 20 heavy (non-hydrogen) atoms. The van der Waals surface area contributed by atoms with E-state index in [4.69, 9.17) is 4.74 Å². The number of aryl methyl sites for hydroxylation is 3. The van der Waals surface area contributed by atoms with Crippen LogP contribution in [-0.4, -0.2) is 18.1 Å². The van der Waals surface area contributed by atoms with Crippen LogP contribution in [0.15, 0.2) is 16.6 Å². The molecule has 4 nitrogen and oxygen atoms in total. The second kappa shape index (κ2) is 5.93. The lowest BCUT2D eigenvalue weighted by Gasteiger charge is -2.10. The smallest absolute Gasteiger partial charge is 0.350 e. The van der Waals surface area contributed by atoms with Gasteiger partial charge < -0.3 is 10.1 Å². The lowest BCUT2D eigenvalue weighted by molar-refractivity contribution is 0.0605. The number of esters is 1. The summed E-state index contributed by atoms with van der Waals surface area (Å²) in [6.45, 7) is 5.87. The van der Waals surface area contributed by atoms with Gasteiger partial charge in [-0.2, -0.15) is 0 Å². The van der Waals surface area contributed by atoms with Gasteiger partial charge in [-0.15, -0.1) is 0 Å². The zero-order chi connectivity index (χ0) is 14.9. The van der Waals surface area contributed by atoms with Gasteiger partial charge in [0.1, 0.15) is 4.88 Å². The minimum atomic E-state index is -0.354. The van der Waals surface area contributed by atoms with Crippen LogP contribution < -0.4 is 5.32 Å². The van der Waals surface area contributed by atoms with Crippen molar-refractivity contribution >= 4 is 44.1 Å². The molecule has 0 aliphatic heterocycles. The van der Waals surface area contributed by atoms with Crippen molar-refractivity contribution in [2.24, 2.45) is 0 Å². The number of benzene rings is 1. The summed E-state index contributed by atoms with van der Waals surface area (Å²) in [4.78, 5) is 16.5. The van der Waals surface area contributed by atoms with E-state index >= 15 is 0 Å². The topological polar surface area (TPSA) is 51.2 Å². The maximum absolute atomic E-state index is 11.6. The second-order valence-corrected chi connectivity index (χ2v) is 6.34. The number of rotatable bonds is 3. The van der Waals surface area contributed by atoms with Gasteiger partial charge in [0.05, 0.1) is 18.5 Å². The predicted molar refractivity (Wildman–Crippen MR) is 85.1 cm³/mol. The third-order valence-corrected chi connectivity index (χ3v) is 4.51. The zero-order valence-corrected chi connectivity index (χ0v) is 14.1. The highest BCUT2D eigenvalue weighted by molar-refractivity contribution is 9.10. The van der Waals surface area contributed by atoms with E-state index in [2.05, 4.69) is 32.3 Å². The Balaban J connectivity index is 2.34. The van der Waals surface area contributed by atoms with Crippen molar-refractivity contribution in [3.63, 3.8) is 0 Å². The summed E-state index contributed by atoms with van der Waals surface area (Å²) in [6.07, 6.45) is 0. The highest BCUT2D eigenvalue weighted by atomic mass is 79.9. The maximum Gasteiger partial charge on any atom is 0.350 e. The zero-order valence-electron chi connectivity index (χ0n) is 11.7. The molecule has 1 N–H and O–H groups in total. The standard InChI is InChI=1S/C14H15BrN2O2S/c1-7-5-8(2)11(10(15)6-7)17-14-16-9(3)12(20-14)13(18)19-4/h5-6H,1-4H3,(H,16,17). The highest BCUT2D eigenvalue weighted by Crippen LogP contribution is 2.33. The number of ether oxygens (including phenoxy) is 1. The van der Waals surface area contributed by atoms with Crippen LogP contribution in [0.5, 0.6) is 0 Å². The normalized spacial score (nSPS) is 10.4. The summed E-state index contributed by atoms with van der Waals surface area (Å²) in [5.41, 5.74) is 3.93. The van der Waals surface area contributed by atoms with Crippen molar-refractivity contribution in [1.82, 2.24) is 4.98 Å². The highest BCUT2D eigenvalue weighted by Gasteiger charge is 2.16. The predicted octanol–water partition coefficient (Wildman–Crippen LogP) is 4.36. The van der Waals surface area contributed by atoms with Crippen LogP contribution in [-0.2, 0) is 4.74 Å². The Labute approximate surface area is 130 Å².